The molecule has 82 valence electrons. The zero-order valence-corrected chi connectivity index (χ0v) is 11.2. The van der Waals surface area contributed by atoms with E-state index in [1.807, 2.05) is 6.07 Å². The second-order valence-corrected chi connectivity index (χ2v) is 3.75. The Hall–Kier alpha value is -0.0457. The number of rotatable bonds is 3. The van der Waals surface area contributed by atoms with Crippen molar-refractivity contribution in [3.05, 3.63) is 30.3 Å². The Morgan fingerprint density at radius 1 is 1.27 bits per heavy atom. The van der Waals surface area contributed by atoms with Crippen LogP contribution in [0.2, 0.25) is 0 Å². The van der Waals surface area contributed by atoms with Crippen LogP contribution in [0.3, 0.4) is 0 Å². The molecule has 0 fully saturated rings. The minimum atomic E-state index is -2.15. The van der Waals surface area contributed by atoms with E-state index in [4.69, 9.17) is 10.00 Å². The molecule has 0 bridgehead atoms. The van der Waals surface area contributed by atoms with Gasteiger partial charge < -0.3 is 5.11 Å². The van der Waals surface area contributed by atoms with E-state index in [9.17, 15) is 4.57 Å². The van der Waals surface area contributed by atoms with Crippen LogP contribution >= 0.6 is 8.03 Å². The van der Waals surface area contributed by atoms with Gasteiger partial charge in [0.05, 0.1) is 0 Å². The molecule has 15 heavy (non-hydrogen) atoms. The number of benzene rings is 1. The average molecular weight is 263 g/mol. The van der Waals surface area contributed by atoms with Crippen molar-refractivity contribution >= 4 is 13.3 Å². The first-order chi connectivity index (χ1) is 6.72. The maximum absolute atomic E-state index is 10.3. The number of hydrogen-bond acceptors (Lipinski definition) is 2. The molecular weight excluding hydrogens is 247 g/mol. The van der Waals surface area contributed by atoms with E-state index < -0.39 is 8.03 Å². The number of hydrogen-bond donors (Lipinski definition) is 2. The molecule has 1 aromatic rings. The van der Waals surface area contributed by atoms with Crippen LogP contribution in [0.4, 0.5) is 0 Å². The van der Waals surface area contributed by atoms with Gasteiger partial charge in [-0.25, -0.2) is 0 Å². The van der Waals surface area contributed by atoms with E-state index in [1.54, 1.807) is 24.3 Å². The van der Waals surface area contributed by atoms with Crippen LogP contribution in [-0.2, 0) is 26.3 Å². The average Bonchev–Trinajstić information content (AvgIpc) is 2.21. The summed E-state index contributed by atoms with van der Waals surface area (Å²) in [6.07, 6.45) is 2.04. The summed E-state index contributed by atoms with van der Waals surface area (Å²) in [5.74, 6) is 0. The molecule has 1 aromatic carbocycles. The maximum atomic E-state index is 10.3. The third-order valence-electron chi connectivity index (χ3n) is 1.49. The third kappa shape index (κ3) is 10.2. The van der Waals surface area contributed by atoms with Gasteiger partial charge in [0.1, 0.15) is 0 Å². The molecule has 1 unspecified atom stereocenters. The molecule has 0 aliphatic heterocycles. The van der Waals surface area contributed by atoms with Crippen molar-refractivity contribution < 1.29 is 36.3 Å². The summed E-state index contributed by atoms with van der Waals surface area (Å²) in [5, 5.41) is 8.55. The van der Waals surface area contributed by atoms with E-state index >= 15 is 0 Å². The van der Waals surface area contributed by atoms with Crippen LogP contribution in [0.25, 0.3) is 0 Å². The fourth-order valence-electron chi connectivity index (χ4n) is 0.714. The Morgan fingerprint density at radius 3 is 2.00 bits per heavy atom. The molecule has 0 radical (unpaired) electrons. The normalized spacial score (nSPS) is 9.40. The number of aliphatic hydroxyl groups is 1. The summed E-state index contributed by atoms with van der Waals surface area (Å²) < 4.78 is 10.3. The molecule has 0 aliphatic carbocycles. The molecule has 0 aromatic heterocycles. The summed E-state index contributed by atoms with van der Waals surface area (Å²) in [6.45, 7) is 2.40. The Kier molecular flexibility index (Phi) is 13.9. The van der Waals surface area contributed by atoms with Crippen molar-refractivity contribution in [1.82, 2.24) is 0 Å². The summed E-state index contributed by atoms with van der Waals surface area (Å²) in [7, 11) is -2.15. The number of unbranched alkanes of at least 4 members (excludes halogenated alkanes) is 1. The monoisotopic (exact) mass is 263 g/mol. The molecule has 0 spiro atoms. The van der Waals surface area contributed by atoms with Crippen molar-refractivity contribution in [3.63, 3.8) is 0 Å². The van der Waals surface area contributed by atoms with Gasteiger partial charge in [0.15, 0.2) is 0 Å². The van der Waals surface area contributed by atoms with Gasteiger partial charge in [-0.1, -0.05) is 31.5 Å². The van der Waals surface area contributed by atoms with Gasteiger partial charge >= 0.3 is 8.03 Å². The van der Waals surface area contributed by atoms with E-state index in [0.717, 1.165) is 12.8 Å². The fourth-order valence-corrected chi connectivity index (χ4v) is 1.14. The minimum Gasteiger partial charge on any atom is -0.396 e. The van der Waals surface area contributed by atoms with E-state index in [1.165, 1.54) is 0 Å². The van der Waals surface area contributed by atoms with Gasteiger partial charge in [-0.05, 0) is 23.1 Å². The Labute approximate surface area is 106 Å². The molecule has 0 aliphatic rings. The van der Waals surface area contributed by atoms with Gasteiger partial charge in [0.2, 0.25) is 5.30 Å². The minimum absolute atomic E-state index is 0. The second kappa shape index (κ2) is 12.0. The third-order valence-corrected chi connectivity index (χ3v) is 2.23. The van der Waals surface area contributed by atoms with Crippen molar-refractivity contribution in [2.45, 2.75) is 19.8 Å². The first kappa shape index (κ1) is 17.4. The first-order valence-corrected chi connectivity index (χ1v) is 5.75. The van der Waals surface area contributed by atoms with Crippen LogP contribution in [0, 0.1) is 0 Å². The molecular formula is C10H16O3PTi+. The van der Waals surface area contributed by atoms with E-state index in [0.29, 0.717) is 11.9 Å². The van der Waals surface area contributed by atoms with Gasteiger partial charge in [0, 0.05) is 28.3 Å². The summed E-state index contributed by atoms with van der Waals surface area (Å²) in [5.41, 5.74) is 0. The molecule has 0 amide bonds. The van der Waals surface area contributed by atoms with Crippen molar-refractivity contribution in [3.8, 4) is 0 Å². The Morgan fingerprint density at radius 2 is 1.80 bits per heavy atom. The Bertz CT molecular complexity index is 252. The van der Waals surface area contributed by atoms with Crippen LogP contribution in [0.15, 0.2) is 30.3 Å². The SMILES string of the molecule is CCCCO.O=[P+](O)c1ccccc1.[Ti]. The zero-order valence-electron chi connectivity index (χ0n) is 8.76. The number of aliphatic hydroxyl groups excluding tert-OH is 1. The topological polar surface area (TPSA) is 57.5 Å². The molecule has 0 saturated heterocycles. The molecule has 2 N–H and O–H groups in total. The Balaban J connectivity index is 0. The van der Waals surface area contributed by atoms with Gasteiger partial charge in [0.25, 0.3) is 0 Å². The first-order valence-electron chi connectivity index (χ1n) is 4.54. The predicted octanol–water partition coefficient (Wildman–Crippen LogP) is 1.82. The van der Waals surface area contributed by atoms with Gasteiger partial charge in [-0.2, -0.15) is 4.89 Å². The standard InChI is InChI=1S/C6H5O2P.C4H10O.Ti/c7-9(8)6-4-2-1-3-5-6;1-2-3-4-5;/h1-5H;5H,2-4H2,1H3;/p+1. The molecule has 1 rings (SSSR count). The quantitative estimate of drug-likeness (QED) is 0.646. The molecule has 5 heteroatoms. The van der Waals surface area contributed by atoms with Crippen molar-refractivity contribution in [1.29, 1.82) is 0 Å². The second-order valence-electron chi connectivity index (χ2n) is 2.69. The van der Waals surface area contributed by atoms with Crippen molar-refractivity contribution in [2.75, 3.05) is 6.61 Å². The maximum Gasteiger partial charge on any atom is 0.546 e. The van der Waals surface area contributed by atoms with E-state index in [2.05, 4.69) is 6.92 Å². The van der Waals surface area contributed by atoms with Gasteiger partial charge in [-0.3, -0.25) is 0 Å². The van der Waals surface area contributed by atoms with Crippen LogP contribution in [0.1, 0.15) is 19.8 Å². The fraction of sp³-hybridized carbons (Fsp3) is 0.400. The molecule has 1 atom stereocenters. The smallest absolute Gasteiger partial charge is 0.396 e. The molecule has 3 nitrogen and oxygen atoms in total. The predicted molar refractivity (Wildman–Crippen MR) is 57.9 cm³/mol. The summed E-state index contributed by atoms with van der Waals surface area (Å²) in [6, 6.07) is 8.53. The van der Waals surface area contributed by atoms with Gasteiger partial charge in [-0.15, -0.1) is 0 Å². The van der Waals surface area contributed by atoms with Crippen LogP contribution in [-0.4, -0.2) is 16.6 Å². The zero-order chi connectivity index (χ0) is 10.8. The summed E-state index contributed by atoms with van der Waals surface area (Å²) >= 11 is 0. The van der Waals surface area contributed by atoms with Crippen molar-refractivity contribution in [2.24, 2.45) is 0 Å². The van der Waals surface area contributed by atoms with Crippen LogP contribution in [0.5, 0.6) is 0 Å². The molecule has 0 saturated carbocycles. The van der Waals surface area contributed by atoms with E-state index in [-0.39, 0.29) is 21.7 Å². The largest absolute Gasteiger partial charge is 0.546 e. The summed E-state index contributed by atoms with van der Waals surface area (Å²) in [4.78, 5) is 8.53. The molecule has 0 heterocycles. The van der Waals surface area contributed by atoms with Crippen LogP contribution < -0.4 is 5.30 Å².